The maximum atomic E-state index is 12.8. The van der Waals surface area contributed by atoms with Crippen LogP contribution in [0.1, 0.15) is 26.4 Å². The molecule has 0 atom stereocenters. The fraction of sp³-hybridized carbons (Fsp3) is 0.250. The summed E-state index contributed by atoms with van der Waals surface area (Å²) in [5.74, 6) is -0.286. The first kappa shape index (κ1) is 18.0. The van der Waals surface area contributed by atoms with Crippen molar-refractivity contribution < 1.29 is 22.8 Å². The van der Waals surface area contributed by atoms with Crippen LogP contribution in [0.15, 0.2) is 30.3 Å². The quantitative estimate of drug-likeness (QED) is 0.832. The Bertz CT molecular complexity index is 754. The van der Waals surface area contributed by atoms with Crippen LogP contribution < -0.4 is 5.32 Å². The highest BCUT2D eigenvalue weighted by Crippen LogP contribution is 2.33. The summed E-state index contributed by atoms with van der Waals surface area (Å²) in [6, 6.07) is 6.63. The van der Waals surface area contributed by atoms with Gasteiger partial charge >= 0.3 is 6.18 Å². The summed E-state index contributed by atoms with van der Waals surface area (Å²) < 4.78 is 38.3. The summed E-state index contributed by atoms with van der Waals surface area (Å²) >= 11 is 1.17. The second-order valence-electron chi connectivity index (χ2n) is 5.29. The monoisotopic (exact) mass is 356 g/mol. The Labute approximate surface area is 140 Å². The number of nitrogens with zero attached hydrogens (tertiary/aromatic N) is 1. The lowest BCUT2D eigenvalue weighted by molar-refractivity contribution is -0.137. The topological polar surface area (TPSA) is 49.4 Å². The summed E-state index contributed by atoms with van der Waals surface area (Å²) in [5, 5.41) is 2.84. The van der Waals surface area contributed by atoms with E-state index in [2.05, 4.69) is 5.32 Å². The van der Waals surface area contributed by atoms with Crippen LogP contribution in [0, 0.1) is 0 Å². The van der Waals surface area contributed by atoms with E-state index in [-0.39, 0.29) is 12.3 Å². The molecule has 1 heterocycles. The zero-order chi connectivity index (χ0) is 17.9. The van der Waals surface area contributed by atoms with E-state index in [0.29, 0.717) is 27.4 Å². The smallest absolute Gasteiger partial charge is 0.345 e. The summed E-state index contributed by atoms with van der Waals surface area (Å²) in [6.07, 6.45) is -3.70. The van der Waals surface area contributed by atoms with Crippen molar-refractivity contribution in [2.75, 3.05) is 19.4 Å². The number of halogens is 3. The molecule has 0 aliphatic carbocycles. The van der Waals surface area contributed by atoms with Gasteiger partial charge in [-0.3, -0.25) is 9.59 Å². The molecule has 0 aliphatic heterocycles. The number of amides is 2. The highest BCUT2D eigenvalue weighted by Gasteiger charge is 2.30. The van der Waals surface area contributed by atoms with Crippen molar-refractivity contribution in [3.8, 4) is 0 Å². The summed E-state index contributed by atoms with van der Waals surface area (Å²) in [6.45, 7) is 0. The first-order valence-electron chi connectivity index (χ1n) is 6.93. The molecule has 2 aromatic rings. The van der Waals surface area contributed by atoms with E-state index in [1.54, 1.807) is 26.2 Å². The lowest BCUT2D eigenvalue weighted by atomic mass is 10.1. The largest absolute Gasteiger partial charge is 0.416 e. The maximum Gasteiger partial charge on any atom is 0.416 e. The van der Waals surface area contributed by atoms with E-state index in [0.717, 1.165) is 12.1 Å². The van der Waals surface area contributed by atoms with Crippen molar-refractivity contribution in [1.29, 1.82) is 0 Å². The fourth-order valence-corrected chi connectivity index (χ4v) is 3.19. The molecule has 24 heavy (non-hydrogen) atoms. The van der Waals surface area contributed by atoms with Crippen molar-refractivity contribution in [3.05, 3.63) is 51.9 Å². The molecule has 0 spiro atoms. The van der Waals surface area contributed by atoms with Crippen molar-refractivity contribution in [1.82, 2.24) is 4.90 Å². The minimum Gasteiger partial charge on any atom is -0.345 e. The molecule has 8 heteroatoms. The van der Waals surface area contributed by atoms with Gasteiger partial charge in [-0.05, 0) is 17.7 Å². The van der Waals surface area contributed by atoms with E-state index >= 15 is 0 Å². The minimum absolute atomic E-state index is 0.239. The molecule has 0 radical (unpaired) electrons. The maximum absolute atomic E-state index is 12.8. The molecule has 0 bridgehead atoms. The van der Waals surface area contributed by atoms with Gasteiger partial charge in [0, 0.05) is 25.4 Å². The molecule has 1 N–H and O–H groups in total. The molecule has 0 aliphatic rings. The van der Waals surface area contributed by atoms with E-state index in [1.807, 2.05) is 0 Å². The zero-order valence-corrected chi connectivity index (χ0v) is 13.8. The van der Waals surface area contributed by atoms with Gasteiger partial charge in [0.1, 0.15) is 5.00 Å². The molecular weight excluding hydrogens is 341 g/mol. The Balaban J connectivity index is 2.32. The molecule has 0 saturated carbocycles. The summed E-state index contributed by atoms with van der Waals surface area (Å²) in [5.41, 5.74) is 0.0824. The third-order valence-electron chi connectivity index (χ3n) is 3.24. The van der Waals surface area contributed by atoms with Crippen molar-refractivity contribution in [3.63, 3.8) is 0 Å². The van der Waals surface area contributed by atoms with Crippen LogP contribution in [0.2, 0.25) is 0 Å². The van der Waals surface area contributed by atoms with Crippen LogP contribution in [-0.4, -0.2) is 31.3 Å². The predicted octanol–water partition coefficient (Wildman–Crippen LogP) is 3.63. The summed E-state index contributed by atoms with van der Waals surface area (Å²) in [4.78, 5) is 24.9. The second kappa shape index (κ2) is 7.04. The molecule has 1 aromatic carbocycles. The van der Waals surface area contributed by atoms with Crippen molar-refractivity contribution in [2.24, 2.45) is 0 Å². The number of thiophene rings is 1. The van der Waals surface area contributed by atoms with Crippen LogP contribution in [0.25, 0.3) is 0 Å². The van der Waals surface area contributed by atoms with Crippen LogP contribution in [0.5, 0.6) is 0 Å². The SMILES string of the molecule is CN(C)C(=O)c1cc(Cc2cccc(C(F)(F)F)c2)sc1NC=O. The van der Waals surface area contributed by atoms with Gasteiger partial charge in [-0.25, -0.2) is 0 Å². The molecular formula is C16H15F3N2O2S. The first-order valence-corrected chi connectivity index (χ1v) is 7.74. The molecule has 4 nitrogen and oxygen atoms in total. The van der Waals surface area contributed by atoms with Crippen LogP contribution >= 0.6 is 11.3 Å². The lowest BCUT2D eigenvalue weighted by Gasteiger charge is -2.09. The number of alkyl halides is 3. The standard InChI is InChI=1S/C16H15F3N2O2S/c1-21(2)15(23)13-8-12(24-14(13)20-9-22)7-10-4-3-5-11(6-10)16(17,18)19/h3-6,8-9H,7H2,1-2H3,(H,20,22). The van der Waals surface area contributed by atoms with E-state index in [9.17, 15) is 22.8 Å². The normalized spacial score (nSPS) is 11.2. The van der Waals surface area contributed by atoms with Crippen molar-refractivity contribution in [2.45, 2.75) is 12.6 Å². The van der Waals surface area contributed by atoms with Crippen molar-refractivity contribution >= 4 is 28.7 Å². The third-order valence-corrected chi connectivity index (χ3v) is 4.31. The zero-order valence-electron chi connectivity index (χ0n) is 13.0. The average Bonchev–Trinajstić information content (AvgIpc) is 2.88. The number of hydrogen-bond acceptors (Lipinski definition) is 3. The Morgan fingerprint density at radius 2 is 2.00 bits per heavy atom. The molecule has 128 valence electrons. The van der Waals surface area contributed by atoms with Gasteiger partial charge < -0.3 is 10.2 Å². The lowest BCUT2D eigenvalue weighted by Crippen LogP contribution is -2.22. The number of nitrogens with one attached hydrogen (secondary N) is 1. The number of anilines is 1. The minimum atomic E-state index is -4.40. The molecule has 0 saturated heterocycles. The van der Waals surface area contributed by atoms with Gasteiger partial charge in [-0.2, -0.15) is 13.2 Å². The molecule has 0 fully saturated rings. The molecule has 2 amide bonds. The van der Waals surface area contributed by atoms with Gasteiger partial charge in [0.05, 0.1) is 11.1 Å². The second-order valence-corrected chi connectivity index (χ2v) is 6.43. The Kier molecular flexibility index (Phi) is 5.28. The Morgan fingerprint density at radius 1 is 1.29 bits per heavy atom. The van der Waals surface area contributed by atoms with Crippen LogP contribution in [0.3, 0.4) is 0 Å². The summed E-state index contributed by atoms with van der Waals surface area (Å²) in [7, 11) is 3.16. The van der Waals surface area contributed by atoms with Gasteiger partial charge in [0.15, 0.2) is 0 Å². The van der Waals surface area contributed by atoms with Crippen LogP contribution in [0.4, 0.5) is 18.2 Å². The van der Waals surface area contributed by atoms with Gasteiger partial charge in [0.25, 0.3) is 5.91 Å². The number of hydrogen-bond donors (Lipinski definition) is 1. The van der Waals surface area contributed by atoms with Crippen LogP contribution in [-0.2, 0) is 17.4 Å². The van der Waals surface area contributed by atoms with E-state index < -0.39 is 11.7 Å². The van der Waals surface area contributed by atoms with E-state index in [1.165, 1.54) is 22.3 Å². The molecule has 1 aromatic heterocycles. The van der Waals surface area contributed by atoms with E-state index in [4.69, 9.17) is 0 Å². The highest BCUT2D eigenvalue weighted by atomic mass is 32.1. The van der Waals surface area contributed by atoms with Gasteiger partial charge in [-0.1, -0.05) is 18.2 Å². The number of benzene rings is 1. The Morgan fingerprint density at radius 3 is 2.58 bits per heavy atom. The predicted molar refractivity (Wildman–Crippen MR) is 86.3 cm³/mol. The number of carbonyl (C=O) groups excluding carboxylic acids is 2. The number of carbonyl (C=O) groups is 2. The number of rotatable bonds is 5. The third kappa shape index (κ3) is 4.14. The molecule has 2 rings (SSSR count). The average molecular weight is 356 g/mol. The fourth-order valence-electron chi connectivity index (χ4n) is 2.15. The Hall–Kier alpha value is -2.35. The first-order chi connectivity index (χ1) is 11.2. The van der Waals surface area contributed by atoms with Gasteiger partial charge in [0.2, 0.25) is 6.41 Å². The van der Waals surface area contributed by atoms with Gasteiger partial charge in [-0.15, -0.1) is 11.3 Å². The molecule has 0 unspecified atom stereocenters. The highest BCUT2D eigenvalue weighted by molar-refractivity contribution is 7.16.